The van der Waals surface area contributed by atoms with Gasteiger partial charge in [0.05, 0.1) is 10.8 Å². The van der Waals surface area contributed by atoms with Crippen LogP contribution >= 0.6 is 0 Å². The lowest BCUT2D eigenvalue weighted by atomic mass is 9.97. The third kappa shape index (κ3) is 5.62. The van der Waals surface area contributed by atoms with Gasteiger partial charge >= 0.3 is 18.0 Å². The molecule has 2 fully saturated rings. The van der Waals surface area contributed by atoms with Crippen LogP contribution in [0.1, 0.15) is 80.6 Å². The van der Waals surface area contributed by atoms with E-state index < -0.39 is 35.0 Å². The number of urea groups is 1. The van der Waals surface area contributed by atoms with Gasteiger partial charge < -0.3 is 14.4 Å². The highest BCUT2D eigenvalue weighted by molar-refractivity contribution is 6.04. The largest absolute Gasteiger partial charge is 0.444 e. The Morgan fingerprint density at radius 2 is 1.43 bits per heavy atom. The average Bonchev–Trinajstić information content (AvgIpc) is 3.41. The zero-order valence-corrected chi connectivity index (χ0v) is 22.1. The lowest BCUT2D eigenvalue weighted by Crippen LogP contribution is -2.66. The van der Waals surface area contributed by atoms with Crippen molar-refractivity contribution in [2.24, 2.45) is 21.7 Å². The quantitative estimate of drug-likeness (QED) is 0.501. The van der Waals surface area contributed by atoms with Gasteiger partial charge in [0.25, 0.3) is 5.91 Å². The summed E-state index contributed by atoms with van der Waals surface area (Å²) < 4.78 is 11.1. The van der Waals surface area contributed by atoms with Gasteiger partial charge in [-0.05, 0) is 60.8 Å². The van der Waals surface area contributed by atoms with Crippen LogP contribution in [0.25, 0.3) is 0 Å². The van der Waals surface area contributed by atoms with Crippen LogP contribution in [-0.4, -0.2) is 76.6 Å². The summed E-state index contributed by atoms with van der Waals surface area (Å²) in [4.78, 5) is 61.0. The van der Waals surface area contributed by atoms with Gasteiger partial charge in [0.1, 0.15) is 5.84 Å². The number of imide groups is 1. The van der Waals surface area contributed by atoms with Crippen molar-refractivity contribution in [2.45, 2.75) is 92.8 Å². The molecule has 2 unspecified atom stereocenters. The fourth-order valence-electron chi connectivity index (χ4n) is 4.53. The van der Waals surface area contributed by atoms with Gasteiger partial charge in [-0.25, -0.2) is 9.79 Å². The number of hydrogen-bond donors (Lipinski definition) is 0. The monoisotopic (exact) mass is 492 g/mol. The van der Waals surface area contributed by atoms with Crippen LogP contribution in [0.15, 0.2) is 4.99 Å². The first-order chi connectivity index (χ1) is 16.3. The number of esters is 2. The molecule has 3 rings (SSSR count). The number of carbonyl (C=O) groups is 4. The summed E-state index contributed by atoms with van der Waals surface area (Å²) in [5.41, 5.74) is -1.43. The minimum absolute atomic E-state index is 0.121. The summed E-state index contributed by atoms with van der Waals surface area (Å²) in [6, 6.07) is -1.36. The third-order valence-corrected chi connectivity index (χ3v) is 6.55. The first kappa shape index (κ1) is 26.9. The third-order valence-electron chi connectivity index (χ3n) is 6.55. The lowest BCUT2D eigenvalue weighted by Gasteiger charge is -2.42. The molecule has 0 aromatic rings. The van der Waals surface area contributed by atoms with E-state index in [-0.39, 0.29) is 37.8 Å². The Morgan fingerprint density at radius 1 is 0.914 bits per heavy atom. The van der Waals surface area contributed by atoms with Crippen molar-refractivity contribution in [1.82, 2.24) is 14.7 Å². The van der Waals surface area contributed by atoms with E-state index in [1.807, 2.05) is 6.92 Å². The molecule has 10 nitrogen and oxygen atoms in total. The number of carbonyl (C=O) groups excluding carboxylic acids is 4. The Morgan fingerprint density at radius 3 is 1.91 bits per heavy atom. The molecule has 0 aromatic carbocycles. The number of rotatable bonds is 7. The lowest BCUT2D eigenvalue weighted by molar-refractivity contribution is -0.163. The van der Waals surface area contributed by atoms with Crippen LogP contribution in [0.4, 0.5) is 4.79 Å². The molecule has 10 heteroatoms. The number of hydrogen-bond acceptors (Lipinski definition) is 8. The van der Waals surface area contributed by atoms with Crippen LogP contribution in [0, 0.1) is 16.7 Å². The summed E-state index contributed by atoms with van der Waals surface area (Å²) in [6.45, 7) is 12.2. The van der Waals surface area contributed by atoms with Gasteiger partial charge in [-0.3, -0.25) is 24.2 Å². The highest BCUT2D eigenvalue weighted by Crippen LogP contribution is 2.36. The van der Waals surface area contributed by atoms with E-state index in [0.717, 1.165) is 25.7 Å². The predicted octanol–water partition coefficient (Wildman–Crippen LogP) is 3.35. The van der Waals surface area contributed by atoms with E-state index in [0.29, 0.717) is 12.3 Å². The molecule has 2 atom stereocenters. The van der Waals surface area contributed by atoms with Gasteiger partial charge in [0.15, 0.2) is 25.7 Å². The fraction of sp³-hybridized carbons (Fsp3) is 0.800. The van der Waals surface area contributed by atoms with Gasteiger partial charge in [0.2, 0.25) is 0 Å². The van der Waals surface area contributed by atoms with Crippen LogP contribution < -0.4 is 0 Å². The maximum atomic E-state index is 13.6. The summed E-state index contributed by atoms with van der Waals surface area (Å²) in [5, 5.41) is 0. The molecule has 1 aliphatic carbocycles. The first-order valence-corrected chi connectivity index (χ1v) is 12.6. The molecule has 1 saturated carbocycles. The standard InChI is InChI=1S/C25H40N4O6/c1-8-13-27-20(30)17-19(29(23(27)33)15-35-22(32)25(5,6)7)26-18(16-11-9-10-12-16)28(17)14-34-21(31)24(2,3)4/h16-17,19H,8-15H2,1-7H3. The fourth-order valence-corrected chi connectivity index (χ4v) is 4.53. The van der Waals surface area contributed by atoms with Crippen LogP contribution in [0.3, 0.4) is 0 Å². The Hall–Kier alpha value is -2.65. The van der Waals surface area contributed by atoms with Gasteiger partial charge in [-0.2, -0.15) is 0 Å². The predicted molar refractivity (Wildman–Crippen MR) is 129 cm³/mol. The number of aliphatic imine (C=N–C) groups is 1. The summed E-state index contributed by atoms with van der Waals surface area (Å²) in [5.74, 6) is -0.396. The maximum Gasteiger partial charge on any atom is 0.331 e. The van der Waals surface area contributed by atoms with Crippen LogP contribution in [0.5, 0.6) is 0 Å². The van der Waals surface area contributed by atoms with Gasteiger partial charge in [-0.1, -0.05) is 19.8 Å². The SMILES string of the molecule is CCCN1C(=O)C2C(N=C(C3CCCC3)N2COC(=O)C(C)(C)C)N(COC(=O)C(C)(C)C)C1=O. The molecular formula is C25H40N4O6. The second-order valence-corrected chi connectivity index (χ2v) is 11.7. The molecule has 0 radical (unpaired) electrons. The van der Waals surface area contributed by atoms with E-state index >= 15 is 0 Å². The number of amides is 3. The van der Waals surface area contributed by atoms with Crippen LogP contribution in [0.2, 0.25) is 0 Å². The number of nitrogens with zero attached hydrogens (tertiary/aromatic N) is 4. The molecule has 0 aromatic heterocycles. The molecule has 196 valence electrons. The Balaban J connectivity index is 1.94. The molecule has 3 aliphatic rings. The van der Waals surface area contributed by atoms with Crippen molar-refractivity contribution in [3.05, 3.63) is 0 Å². The van der Waals surface area contributed by atoms with Crippen molar-refractivity contribution >= 4 is 29.7 Å². The van der Waals surface area contributed by atoms with E-state index in [1.165, 1.54) is 9.80 Å². The van der Waals surface area contributed by atoms with Crippen molar-refractivity contribution < 1.29 is 28.7 Å². The van der Waals surface area contributed by atoms with Gasteiger partial charge in [0, 0.05) is 12.5 Å². The van der Waals surface area contributed by atoms with Crippen molar-refractivity contribution in [1.29, 1.82) is 0 Å². The zero-order valence-electron chi connectivity index (χ0n) is 22.1. The summed E-state index contributed by atoms with van der Waals surface area (Å²) in [7, 11) is 0. The van der Waals surface area contributed by atoms with Crippen molar-refractivity contribution in [3.8, 4) is 0 Å². The van der Waals surface area contributed by atoms with E-state index in [4.69, 9.17) is 14.5 Å². The smallest absolute Gasteiger partial charge is 0.331 e. The van der Waals surface area contributed by atoms with E-state index in [1.54, 1.807) is 46.4 Å². The summed E-state index contributed by atoms with van der Waals surface area (Å²) >= 11 is 0. The second kappa shape index (κ2) is 10.1. The molecule has 0 spiro atoms. The number of amidine groups is 1. The Kier molecular flexibility index (Phi) is 7.81. The molecule has 3 amide bonds. The minimum atomic E-state index is -0.847. The topological polar surface area (TPSA) is 109 Å². The second-order valence-electron chi connectivity index (χ2n) is 11.7. The molecular weight excluding hydrogens is 452 g/mol. The molecule has 35 heavy (non-hydrogen) atoms. The zero-order chi connectivity index (χ0) is 26.1. The van der Waals surface area contributed by atoms with E-state index in [2.05, 4.69) is 0 Å². The van der Waals surface area contributed by atoms with E-state index in [9.17, 15) is 19.2 Å². The normalized spacial score (nSPS) is 23.5. The molecule has 2 aliphatic heterocycles. The summed E-state index contributed by atoms with van der Waals surface area (Å²) in [6.07, 6.45) is 3.68. The first-order valence-electron chi connectivity index (χ1n) is 12.6. The molecule has 0 N–H and O–H groups in total. The van der Waals surface area contributed by atoms with Crippen LogP contribution in [-0.2, 0) is 23.9 Å². The average molecular weight is 493 g/mol. The van der Waals surface area contributed by atoms with Crippen molar-refractivity contribution in [2.75, 3.05) is 20.0 Å². The Labute approximate surface area is 208 Å². The highest BCUT2D eigenvalue weighted by atomic mass is 16.6. The molecule has 0 bridgehead atoms. The number of ether oxygens (including phenoxy) is 2. The minimum Gasteiger partial charge on any atom is -0.444 e. The molecule has 2 heterocycles. The maximum absolute atomic E-state index is 13.6. The van der Waals surface area contributed by atoms with Gasteiger partial charge in [-0.15, -0.1) is 0 Å². The number of fused-ring (bicyclic) bond motifs is 1. The highest BCUT2D eigenvalue weighted by Gasteiger charge is 2.54. The Bertz CT molecular complexity index is 881. The molecule has 1 saturated heterocycles. The van der Waals surface area contributed by atoms with Crippen molar-refractivity contribution in [3.63, 3.8) is 0 Å².